The molecule has 0 bridgehead atoms. The summed E-state index contributed by atoms with van der Waals surface area (Å²) in [6, 6.07) is 7.30. The van der Waals surface area contributed by atoms with E-state index in [0.29, 0.717) is 44.1 Å². The van der Waals surface area contributed by atoms with Gasteiger partial charge >= 0.3 is 0 Å². The minimum Gasteiger partial charge on any atom is -0.493 e. The van der Waals surface area contributed by atoms with Crippen LogP contribution >= 0.6 is 0 Å². The third-order valence-electron chi connectivity index (χ3n) is 4.65. The number of amides is 2. The quantitative estimate of drug-likeness (QED) is 0.898. The molecule has 6 nitrogen and oxygen atoms in total. The Balaban J connectivity index is 1.60. The Morgan fingerprint density at radius 2 is 1.88 bits per heavy atom. The van der Waals surface area contributed by atoms with Crippen LogP contribution in [-0.4, -0.2) is 67.0 Å². The van der Waals surface area contributed by atoms with Crippen molar-refractivity contribution in [3.63, 3.8) is 0 Å². The first-order chi connectivity index (χ1) is 11.7. The first kappa shape index (κ1) is 16.8. The van der Waals surface area contributed by atoms with Crippen molar-refractivity contribution >= 4 is 11.8 Å². The van der Waals surface area contributed by atoms with Crippen LogP contribution in [0.1, 0.15) is 30.1 Å². The molecule has 0 aromatic heterocycles. The summed E-state index contributed by atoms with van der Waals surface area (Å²) < 4.78 is 5.56. The van der Waals surface area contributed by atoms with Gasteiger partial charge in [-0.1, -0.05) is 12.1 Å². The normalized spacial score (nSPS) is 21.0. The van der Waals surface area contributed by atoms with E-state index in [2.05, 4.69) is 5.32 Å². The lowest BCUT2D eigenvalue weighted by Gasteiger charge is -2.36. The summed E-state index contributed by atoms with van der Waals surface area (Å²) in [5, 5.41) is 3.25. The Morgan fingerprint density at radius 3 is 2.54 bits per heavy atom. The Morgan fingerprint density at radius 1 is 1.17 bits per heavy atom. The summed E-state index contributed by atoms with van der Waals surface area (Å²) >= 11 is 0. The lowest BCUT2D eigenvalue weighted by Crippen LogP contribution is -2.54. The highest BCUT2D eigenvalue weighted by Crippen LogP contribution is 2.21. The minimum absolute atomic E-state index is 0.0230. The van der Waals surface area contributed by atoms with E-state index in [-0.39, 0.29) is 17.9 Å². The highest BCUT2D eigenvalue weighted by atomic mass is 16.5. The molecule has 0 aliphatic carbocycles. The third kappa shape index (κ3) is 3.53. The van der Waals surface area contributed by atoms with E-state index in [4.69, 9.17) is 4.74 Å². The molecule has 24 heavy (non-hydrogen) atoms. The van der Waals surface area contributed by atoms with Gasteiger partial charge < -0.3 is 19.9 Å². The molecule has 0 radical (unpaired) electrons. The summed E-state index contributed by atoms with van der Waals surface area (Å²) in [6.45, 7) is 5.68. The Hall–Kier alpha value is -2.08. The summed E-state index contributed by atoms with van der Waals surface area (Å²) in [5.74, 6) is 0.776. The van der Waals surface area contributed by atoms with Crippen LogP contribution in [0.5, 0.6) is 5.75 Å². The van der Waals surface area contributed by atoms with Gasteiger partial charge in [-0.05, 0) is 38.4 Å². The van der Waals surface area contributed by atoms with Crippen molar-refractivity contribution in [2.24, 2.45) is 0 Å². The van der Waals surface area contributed by atoms with Crippen LogP contribution in [0, 0.1) is 0 Å². The van der Waals surface area contributed by atoms with Crippen LogP contribution < -0.4 is 10.1 Å². The zero-order valence-corrected chi connectivity index (χ0v) is 14.2. The smallest absolute Gasteiger partial charge is 0.257 e. The van der Waals surface area contributed by atoms with Gasteiger partial charge in [0.1, 0.15) is 5.75 Å². The molecule has 3 rings (SSSR count). The van der Waals surface area contributed by atoms with Crippen molar-refractivity contribution in [3.8, 4) is 5.75 Å². The first-order valence-electron chi connectivity index (χ1n) is 8.74. The van der Waals surface area contributed by atoms with E-state index in [0.717, 1.165) is 19.4 Å². The molecule has 1 aromatic rings. The molecule has 2 aliphatic heterocycles. The molecular formula is C18H25N3O3. The van der Waals surface area contributed by atoms with Gasteiger partial charge in [0.15, 0.2) is 0 Å². The van der Waals surface area contributed by atoms with E-state index in [9.17, 15) is 9.59 Å². The molecule has 1 aromatic carbocycles. The molecule has 0 saturated carbocycles. The van der Waals surface area contributed by atoms with Gasteiger partial charge in [-0.2, -0.15) is 0 Å². The zero-order chi connectivity index (χ0) is 16.9. The fourth-order valence-electron chi connectivity index (χ4n) is 3.34. The van der Waals surface area contributed by atoms with E-state index in [1.807, 2.05) is 34.9 Å². The van der Waals surface area contributed by atoms with Crippen LogP contribution in [0.3, 0.4) is 0 Å². The third-order valence-corrected chi connectivity index (χ3v) is 4.65. The predicted molar refractivity (Wildman–Crippen MR) is 91.1 cm³/mol. The number of hydrogen-bond acceptors (Lipinski definition) is 4. The fraction of sp³-hybridized carbons (Fsp3) is 0.556. The molecule has 2 aliphatic rings. The van der Waals surface area contributed by atoms with Crippen LogP contribution in [0.2, 0.25) is 0 Å². The monoisotopic (exact) mass is 331 g/mol. The average molecular weight is 331 g/mol. The van der Waals surface area contributed by atoms with E-state index in [1.165, 1.54) is 0 Å². The van der Waals surface area contributed by atoms with Gasteiger partial charge in [0.2, 0.25) is 5.91 Å². The average Bonchev–Trinajstić information content (AvgIpc) is 3.16. The number of rotatable bonds is 4. The van der Waals surface area contributed by atoms with Crippen molar-refractivity contribution in [3.05, 3.63) is 29.8 Å². The second kappa shape index (κ2) is 7.66. The summed E-state index contributed by atoms with van der Waals surface area (Å²) in [6.07, 6.45) is 1.97. The molecule has 1 N–H and O–H groups in total. The number of nitrogens with zero attached hydrogens (tertiary/aromatic N) is 2. The van der Waals surface area contributed by atoms with E-state index in [1.54, 1.807) is 6.07 Å². The molecule has 6 heteroatoms. The molecule has 2 heterocycles. The second-order valence-electron chi connectivity index (χ2n) is 6.20. The second-order valence-corrected chi connectivity index (χ2v) is 6.20. The van der Waals surface area contributed by atoms with E-state index < -0.39 is 0 Å². The summed E-state index contributed by atoms with van der Waals surface area (Å²) in [4.78, 5) is 28.9. The van der Waals surface area contributed by atoms with Crippen molar-refractivity contribution in [1.29, 1.82) is 0 Å². The Kier molecular flexibility index (Phi) is 5.35. The molecule has 1 unspecified atom stereocenters. The number of carbonyl (C=O) groups is 2. The maximum Gasteiger partial charge on any atom is 0.257 e. The van der Waals surface area contributed by atoms with Crippen molar-refractivity contribution in [2.75, 3.05) is 39.3 Å². The number of para-hydroxylation sites is 1. The van der Waals surface area contributed by atoms with Gasteiger partial charge in [0.05, 0.1) is 18.2 Å². The van der Waals surface area contributed by atoms with Gasteiger partial charge in [0.25, 0.3) is 5.91 Å². The Bertz CT molecular complexity index is 591. The van der Waals surface area contributed by atoms with Gasteiger partial charge in [0, 0.05) is 26.2 Å². The number of benzene rings is 1. The number of carbonyl (C=O) groups excluding carboxylic acids is 2. The topological polar surface area (TPSA) is 61.9 Å². The highest BCUT2D eigenvalue weighted by Gasteiger charge is 2.31. The van der Waals surface area contributed by atoms with Gasteiger partial charge in [-0.3, -0.25) is 9.59 Å². The molecule has 2 amide bonds. The standard InChI is InChI=1S/C18H25N3O3/c1-2-24-16-8-4-3-6-14(16)17(22)20-10-12-21(13-11-20)18(23)15-7-5-9-19-15/h3-4,6,8,15,19H,2,5,7,9-13H2,1H3. The van der Waals surface area contributed by atoms with Crippen molar-refractivity contribution in [1.82, 2.24) is 15.1 Å². The number of ether oxygens (including phenoxy) is 1. The van der Waals surface area contributed by atoms with Gasteiger partial charge in [-0.25, -0.2) is 0 Å². The van der Waals surface area contributed by atoms with Crippen molar-refractivity contribution < 1.29 is 14.3 Å². The van der Waals surface area contributed by atoms with Crippen LogP contribution in [0.25, 0.3) is 0 Å². The summed E-state index contributed by atoms with van der Waals surface area (Å²) in [5.41, 5.74) is 0.594. The molecule has 1 atom stereocenters. The largest absolute Gasteiger partial charge is 0.493 e. The van der Waals surface area contributed by atoms with Crippen LogP contribution in [0.15, 0.2) is 24.3 Å². The number of nitrogens with one attached hydrogen (secondary N) is 1. The maximum absolute atomic E-state index is 12.8. The zero-order valence-electron chi connectivity index (χ0n) is 14.2. The van der Waals surface area contributed by atoms with Crippen LogP contribution in [-0.2, 0) is 4.79 Å². The SMILES string of the molecule is CCOc1ccccc1C(=O)N1CCN(C(=O)C2CCCN2)CC1. The van der Waals surface area contributed by atoms with Crippen molar-refractivity contribution in [2.45, 2.75) is 25.8 Å². The minimum atomic E-state index is -0.0362. The first-order valence-corrected chi connectivity index (χ1v) is 8.74. The van der Waals surface area contributed by atoms with E-state index >= 15 is 0 Å². The Labute approximate surface area is 142 Å². The fourth-order valence-corrected chi connectivity index (χ4v) is 3.34. The van der Waals surface area contributed by atoms with Crippen LogP contribution in [0.4, 0.5) is 0 Å². The molecule has 2 saturated heterocycles. The predicted octanol–water partition coefficient (Wildman–Crippen LogP) is 1.12. The molecule has 0 spiro atoms. The molecule has 130 valence electrons. The summed E-state index contributed by atoms with van der Waals surface area (Å²) in [7, 11) is 0. The molecule has 2 fully saturated rings. The lowest BCUT2D eigenvalue weighted by atomic mass is 10.1. The number of hydrogen-bond donors (Lipinski definition) is 1. The lowest BCUT2D eigenvalue weighted by molar-refractivity contribution is -0.134. The highest BCUT2D eigenvalue weighted by molar-refractivity contribution is 5.97. The molecular weight excluding hydrogens is 306 g/mol. The number of piperazine rings is 1. The maximum atomic E-state index is 12.8. The van der Waals surface area contributed by atoms with Gasteiger partial charge in [-0.15, -0.1) is 0 Å².